The van der Waals surface area contributed by atoms with E-state index in [0.29, 0.717) is 5.56 Å². The maximum absolute atomic E-state index is 14.9. The van der Waals surface area contributed by atoms with Crippen LogP contribution in [0.1, 0.15) is 73.0 Å². The van der Waals surface area contributed by atoms with Gasteiger partial charge in [-0.05, 0) is 63.6 Å². The molecule has 0 unspecified atom stereocenters. The maximum Gasteiger partial charge on any atom is 0.341 e. The summed E-state index contributed by atoms with van der Waals surface area (Å²) in [5.41, 5.74) is 1.35. The fourth-order valence-electron chi connectivity index (χ4n) is 4.18. The number of halogens is 3. The first-order chi connectivity index (χ1) is 16.3. The molecule has 2 aromatic rings. The van der Waals surface area contributed by atoms with Crippen LogP contribution in [0.5, 0.6) is 5.75 Å². The lowest BCUT2D eigenvalue weighted by atomic mass is 10.0. The van der Waals surface area contributed by atoms with Crippen molar-refractivity contribution in [3.63, 3.8) is 0 Å². The van der Waals surface area contributed by atoms with E-state index in [-0.39, 0.29) is 30.3 Å². The number of carbonyl (C=O) groups is 2. The van der Waals surface area contributed by atoms with Crippen LogP contribution in [-0.4, -0.2) is 40.9 Å². The summed E-state index contributed by atoms with van der Waals surface area (Å²) >= 11 is 0. The average Bonchev–Trinajstić information content (AvgIpc) is 3.57. The van der Waals surface area contributed by atoms with Gasteiger partial charge in [-0.15, -0.1) is 0 Å². The largest absolute Gasteiger partial charge is 0.488 e. The highest BCUT2D eigenvalue weighted by molar-refractivity contribution is 5.90. The van der Waals surface area contributed by atoms with Crippen molar-refractivity contribution in [1.82, 2.24) is 4.90 Å². The molecule has 1 amide bonds. The minimum atomic E-state index is -3.59. The topological polar surface area (TPSA) is 55.8 Å². The molecule has 1 aliphatic heterocycles. The molecule has 4 rings (SSSR count). The van der Waals surface area contributed by atoms with Gasteiger partial charge < -0.3 is 14.4 Å². The molecule has 0 spiro atoms. The number of benzene rings is 2. The van der Waals surface area contributed by atoms with Gasteiger partial charge in [0.2, 0.25) is 0 Å². The van der Waals surface area contributed by atoms with Crippen LogP contribution in [0.2, 0.25) is 0 Å². The summed E-state index contributed by atoms with van der Waals surface area (Å²) < 4.78 is 55.4. The molecule has 1 heterocycles. The van der Waals surface area contributed by atoms with Crippen molar-refractivity contribution in [2.45, 2.75) is 77.0 Å². The van der Waals surface area contributed by atoms with Crippen LogP contribution >= 0.6 is 0 Å². The van der Waals surface area contributed by atoms with E-state index >= 15 is 0 Å². The smallest absolute Gasteiger partial charge is 0.341 e. The third-order valence-corrected chi connectivity index (χ3v) is 6.03. The van der Waals surface area contributed by atoms with E-state index < -0.39 is 41.7 Å². The molecule has 2 aromatic carbocycles. The number of nitrogens with zero attached hydrogens (tertiary/aromatic N) is 1. The van der Waals surface area contributed by atoms with Crippen molar-refractivity contribution in [3.05, 3.63) is 64.5 Å². The van der Waals surface area contributed by atoms with Crippen LogP contribution in [0, 0.1) is 12.7 Å². The van der Waals surface area contributed by atoms with Crippen LogP contribution in [0.3, 0.4) is 0 Å². The molecule has 1 atom stereocenters. The quantitative estimate of drug-likeness (QED) is 0.483. The van der Waals surface area contributed by atoms with Gasteiger partial charge in [0.1, 0.15) is 23.3 Å². The zero-order chi connectivity index (χ0) is 25.5. The molecule has 2 fully saturated rings. The van der Waals surface area contributed by atoms with Crippen molar-refractivity contribution in [2.24, 2.45) is 0 Å². The van der Waals surface area contributed by atoms with E-state index in [2.05, 4.69) is 0 Å². The minimum absolute atomic E-state index is 0.0238. The number of amides is 1. The lowest BCUT2D eigenvalue weighted by Gasteiger charge is -2.37. The number of carbonyl (C=O) groups excluding carboxylic acids is 2. The molecule has 35 heavy (non-hydrogen) atoms. The highest BCUT2D eigenvalue weighted by Gasteiger charge is 2.49. The van der Waals surface area contributed by atoms with Gasteiger partial charge in [0.05, 0.1) is 18.5 Å². The Morgan fingerprint density at radius 3 is 2.40 bits per heavy atom. The fraction of sp³-hybridized carbons (Fsp3) is 0.481. The number of esters is 1. The first-order valence-corrected chi connectivity index (χ1v) is 11.8. The molecular weight excluding hydrogens is 459 g/mol. The molecule has 5 nitrogen and oxygen atoms in total. The third-order valence-electron chi connectivity index (χ3n) is 6.03. The van der Waals surface area contributed by atoms with Crippen LogP contribution in [0.25, 0.3) is 0 Å². The van der Waals surface area contributed by atoms with Crippen molar-refractivity contribution in [3.8, 4) is 5.75 Å². The highest BCUT2D eigenvalue weighted by Crippen LogP contribution is 2.46. The molecule has 1 saturated heterocycles. The standard InChI is InChI=1S/C27H30F3NO4/c1-16-5-7-17(8-6-16)14-31-15-19(13-27(29,30)25(31)33)34-23-12-22(28)21(11-20(23)18-9-10-18)24(32)35-26(2,3)4/h5-8,11-12,18-19H,9-10,13-15H2,1-4H3/t19-/m1/s1. The Morgan fingerprint density at radius 1 is 1.14 bits per heavy atom. The van der Waals surface area contributed by atoms with E-state index in [9.17, 15) is 22.8 Å². The van der Waals surface area contributed by atoms with E-state index in [1.807, 2.05) is 19.1 Å². The van der Waals surface area contributed by atoms with Gasteiger partial charge in [-0.1, -0.05) is 29.8 Å². The lowest BCUT2D eigenvalue weighted by Crippen LogP contribution is -2.55. The predicted octanol–water partition coefficient (Wildman–Crippen LogP) is 5.78. The van der Waals surface area contributed by atoms with E-state index in [4.69, 9.17) is 9.47 Å². The molecule has 1 saturated carbocycles. The zero-order valence-corrected chi connectivity index (χ0v) is 20.4. The third kappa shape index (κ3) is 5.97. The SMILES string of the molecule is Cc1ccc(CN2C[C@H](Oc3cc(F)c(C(=O)OC(C)(C)C)cc3C3CC3)CC(F)(F)C2=O)cc1. The predicted molar refractivity (Wildman–Crippen MR) is 124 cm³/mol. The van der Waals surface area contributed by atoms with Crippen molar-refractivity contribution >= 4 is 11.9 Å². The number of alkyl halides is 2. The lowest BCUT2D eigenvalue weighted by molar-refractivity contribution is -0.172. The first kappa shape index (κ1) is 25.1. The van der Waals surface area contributed by atoms with E-state index in [0.717, 1.165) is 34.9 Å². The van der Waals surface area contributed by atoms with Crippen LogP contribution < -0.4 is 4.74 Å². The van der Waals surface area contributed by atoms with Crippen LogP contribution in [-0.2, 0) is 16.1 Å². The second-order valence-corrected chi connectivity index (χ2v) is 10.5. The second-order valence-electron chi connectivity index (χ2n) is 10.5. The number of aryl methyl sites for hydroxylation is 1. The Labute approximate surface area is 203 Å². The van der Waals surface area contributed by atoms with Gasteiger partial charge in [-0.25, -0.2) is 9.18 Å². The van der Waals surface area contributed by atoms with E-state index in [1.165, 1.54) is 6.07 Å². The molecule has 188 valence electrons. The van der Waals surface area contributed by atoms with Gasteiger partial charge in [0.25, 0.3) is 5.91 Å². The second kappa shape index (κ2) is 9.21. The van der Waals surface area contributed by atoms with Crippen LogP contribution in [0.15, 0.2) is 36.4 Å². The summed E-state index contributed by atoms with van der Waals surface area (Å²) in [4.78, 5) is 26.0. The summed E-state index contributed by atoms with van der Waals surface area (Å²) in [6.07, 6.45) is -0.170. The number of hydrogen-bond acceptors (Lipinski definition) is 4. The van der Waals surface area contributed by atoms with Crippen molar-refractivity contribution in [2.75, 3.05) is 6.54 Å². The molecule has 0 aromatic heterocycles. The number of hydrogen-bond donors (Lipinski definition) is 0. The van der Waals surface area contributed by atoms with Gasteiger partial charge in [-0.3, -0.25) is 4.79 Å². The van der Waals surface area contributed by atoms with Crippen molar-refractivity contribution < 1.29 is 32.2 Å². The van der Waals surface area contributed by atoms with Gasteiger partial charge in [0.15, 0.2) is 0 Å². The molecule has 0 bridgehead atoms. The summed E-state index contributed by atoms with van der Waals surface area (Å²) in [6.45, 7) is 6.95. The van der Waals surface area contributed by atoms with Gasteiger partial charge >= 0.3 is 11.9 Å². The summed E-state index contributed by atoms with van der Waals surface area (Å²) in [7, 11) is 0. The van der Waals surface area contributed by atoms with Crippen LogP contribution in [0.4, 0.5) is 13.2 Å². The van der Waals surface area contributed by atoms with E-state index in [1.54, 1.807) is 32.9 Å². The number of likely N-dealkylation sites (tertiary alicyclic amines) is 1. The summed E-state index contributed by atoms with van der Waals surface area (Å²) in [6, 6.07) is 9.78. The summed E-state index contributed by atoms with van der Waals surface area (Å²) in [5, 5.41) is 0. The summed E-state index contributed by atoms with van der Waals surface area (Å²) in [5.74, 6) is -6.28. The van der Waals surface area contributed by atoms with Crippen molar-refractivity contribution in [1.29, 1.82) is 0 Å². The number of rotatable bonds is 6. The first-order valence-electron chi connectivity index (χ1n) is 11.8. The fourth-order valence-corrected chi connectivity index (χ4v) is 4.18. The molecule has 2 aliphatic rings. The Kier molecular flexibility index (Phi) is 6.60. The Hall–Kier alpha value is -3.03. The van der Waals surface area contributed by atoms with Gasteiger partial charge in [-0.2, -0.15) is 8.78 Å². The normalized spacial score (nSPS) is 20.0. The number of ether oxygens (including phenoxy) is 2. The Bertz CT molecular complexity index is 1120. The Balaban J connectivity index is 1.57. The minimum Gasteiger partial charge on any atom is -0.488 e. The molecule has 0 N–H and O–H groups in total. The number of piperidine rings is 1. The molecule has 8 heteroatoms. The monoisotopic (exact) mass is 489 g/mol. The maximum atomic E-state index is 14.9. The zero-order valence-electron chi connectivity index (χ0n) is 20.4. The molecular formula is C27H30F3NO4. The Morgan fingerprint density at radius 2 is 1.80 bits per heavy atom. The highest BCUT2D eigenvalue weighted by atomic mass is 19.3. The average molecular weight is 490 g/mol. The molecule has 1 aliphatic carbocycles. The molecule has 0 radical (unpaired) electrons. The van der Waals surface area contributed by atoms with Gasteiger partial charge in [0, 0.05) is 12.6 Å².